The highest BCUT2D eigenvalue weighted by atomic mass is 16.6. The summed E-state index contributed by atoms with van der Waals surface area (Å²) >= 11 is 0. The monoisotopic (exact) mass is 286 g/mol. The third-order valence-corrected chi connectivity index (χ3v) is 3.18. The molecule has 2 rings (SSSR count). The van der Waals surface area contributed by atoms with E-state index < -0.39 is 4.92 Å². The van der Waals surface area contributed by atoms with E-state index in [1.165, 1.54) is 23.8 Å². The molecule has 6 nitrogen and oxygen atoms in total. The molecule has 6 heteroatoms. The smallest absolute Gasteiger partial charge is 0.288 e. The van der Waals surface area contributed by atoms with Gasteiger partial charge in [0, 0.05) is 30.2 Å². The zero-order valence-corrected chi connectivity index (χ0v) is 11.5. The van der Waals surface area contributed by atoms with E-state index in [1.807, 2.05) is 6.07 Å². The fourth-order valence-electron chi connectivity index (χ4n) is 2.01. The molecule has 1 heterocycles. The predicted molar refractivity (Wildman–Crippen MR) is 77.5 cm³/mol. The van der Waals surface area contributed by atoms with Gasteiger partial charge in [-0.1, -0.05) is 30.3 Å². The first-order valence-corrected chi connectivity index (χ1v) is 6.43. The maximum Gasteiger partial charge on any atom is 0.288 e. The normalized spacial score (nSPS) is 10.3. The fraction of sp³-hybridized carbons (Fsp3) is 0.200. The van der Waals surface area contributed by atoms with Crippen molar-refractivity contribution in [1.29, 1.82) is 0 Å². The highest BCUT2D eigenvalue weighted by Gasteiger charge is 2.14. The van der Waals surface area contributed by atoms with Crippen LogP contribution >= 0.6 is 0 Å². The molecule has 0 aliphatic rings. The van der Waals surface area contributed by atoms with E-state index in [2.05, 4.69) is 0 Å². The molecule has 0 amide bonds. The number of nitrogens with zero attached hydrogens (tertiary/aromatic N) is 2. The van der Waals surface area contributed by atoms with Gasteiger partial charge in [0.15, 0.2) is 5.78 Å². The zero-order chi connectivity index (χ0) is 15.4. The predicted octanol–water partition coefficient (Wildman–Crippen LogP) is 2.34. The summed E-state index contributed by atoms with van der Waals surface area (Å²) in [7, 11) is 0. The Morgan fingerprint density at radius 3 is 2.57 bits per heavy atom. The number of carbonyl (C=O) groups excluding carboxylic acids is 1. The number of carbonyl (C=O) groups is 1. The Morgan fingerprint density at radius 1 is 1.29 bits per heavy atom. The van der Waals surface area contributed by atoms with Crippen LogP contribution in [-0.2, 0) is 6.54 Å². The maximum atomic E-state index is 12.0. The molecule has 0 radical (unpaired) electrons. The Hall–Kier alpha value is -2.76. The van der Waals surface area contributed by atoms with Crippen LogP contribution in [0.3, 0.4) is 0 Å². The van der Waals surface area contributed by atoms with Crippen LogP contribution in [0, 0.1) is 17.0 Å². The second-order valence-electron chi connectivity index (χ2n) is 4.67. The van der Waals surface area contributed by atoms with Crippen molar-refractivity contribution < 1.29 is 9.72 Å². The van der Waals surface area contributed by atoms with Crippen LogP contribution in [0.25, 0.3) is 0 Å². The van der Waals surface area contributed by atoms with Crippen LogP contribution in [0.15, 0.2) is 47.4 Å². The Kier molecular flexibility index (Phi) is 4.27. The molecule has 0 aliphatic heterocycles. The molecule has 0 fully saturated rings. The lowest BCUT2D eigenvalue weighted by atomic mass is 10.1. The lowest BCUT2D eigenvalue weighted by Crippen LogP contribution is -2.21. The van der Waals surface area contributed by atoms with Crippen LogP contribution in [0.2, 0.25) is 0 Å². The molecule has 108 valence electrons. The Bertz CT molecular complexity index is 735. The van der Waals surface area contributed by atoms with Crippen molar-refractivity contribution in [3.63, 3.8) is 0 Å². The summed E-state index contributed by atoms with van der Waals surface area (Å²) in [4.78, 5) is 34.1. The first kappa shape index (κ1) is 14.6. The SMILES string of the molecule is Cc1cc(=O)n(CCC(=O)c2ccccc2)cc1[N+](=O)[O-]. The van der Waals surface area contributed by atoms with Gasteiger partial charge in [-0.05, 0) is 6.92 Å². The molecular formula is C15H14N2O4. The number of benzene rings is 1. The van der Waals surface area contributed by atoms with Crippen molar-refractivity contribution in [1.82, 2.24) is 4.57 Å². The summed E-state index contributed by atoms with van der Waals surface area (Å²) < 4.78 is 1.20. The van der Waals surface area contributed by atoms with E-state index in [4.69, 9.17) is 0 Å². The lowest BCUT2D eigenvalue weighted by Gasteiger charge is -2.06. The zero-order valence-electron chi connectivity index (χ0n) is 11.5. The van der Waals surface area contributed by atoms with Crippen LogP contribution in [0.5, 0.6) is 0 Å². The van der Waals surface area contributed by atoms with Crippen LogP contribution in [0.4, 0.5) is 5.69 Å². The Labute approximate surface area is 120 Å². The van der Waals surface area contributed by atoms with Gasteiger partial charge in [0.2, 0.25) is 0 Å². The molecule has 1 aromatic carbocycles. The molecule has 0 spiro atoms. The largest absolute Gasteiger partial charge is 0.308 e. The molecule has 0 N–H and O–H groups in total. The summed E-state index contributed by atoms with van der Waals surface area (Å²) in [6.07, 6.45) is 1.31. The quantitative estimate of drug-likeness (QED) is 0.480. The van der Waals surface area contributed by atoms with Crippen molar-refractivity contribution >= 4 is 11.5 Å². The molecule has 21 heavy (non-hydrogen) atoms. The summed E-state index contributed by atoms with van der Waals surface area (Å²) in [5, 5.41) is 10.9. The van der Waals surface area contributed by atoms with Crippen molar-refractivity contribution in [2.45, 2.75) is 19.9 Å². The third-order valence-electron chi connectivity index (χ3n) is 3.18. The molecule has 0 atom stereocenters. The average Bonchev–Trinajstić information content (AvgIpc) is 2.46. The van der Waals surface area contributed by atoms with Gasteiger partial charge in [0.05, 0.1) is 11.1 Å². The molecule has 0 unspecified atom stereocenters. The molecule has 2 aromatic rings. The second-order valence-corrected chi connectivity index (χ2v) is 4.67. The Balaban J connectivity index is 2.17. The van der Waals surface area contributed by atoms with Crippen molar-refractivity contribution in [2.75, 3.05) is 0 Å². The van der Waals surface area contributed by atoms with Crippen molar-refractivity contribution in [2.24, 2.45) is 0 Å². The topological polar surface area (TPSA) is 82.2 Å². The summed E-state index contributed by atoms with van der Waals surface area (Å²) in [5.41, 5.74) is 0.406. The van der Waals surface area contributed by atoms with Gasteiger partial charge in [-0.3, -0.25) is 19.7 Å². The van der Waals surface area contributed by atoms with Gasteiger partial charge in [-0.2, -0.15) is 0 Å². The van der Waals surface area contributed by atoms with E-state index >= 15 is 0 Å². The number of hydrogen-bond donors (Lipinski definition) is 0. The first-order chi connectivity index (χ1) is 9.99. The summed E-state index contributed by atoms with van der Waals surface area (Å²) in [6.45, 7) is 1.63. The standard InChI is InChI=1S/C15H14N2O4/c1-11-9-15(19)16(10-13(11)17(20)21)8-7-14(18)12-5-3-2-4-6-12/h2-6,9-10H,7-8H2,1H3. The number of aromatic nitrogens is 1. The van der Waals surface area contributed by atoms with Gasteiger partial charge in [-0.25, -0.2) is 0 Å². The van der Waals surface area contributed by atoms with Crippen molar-refractivity contribution in [3.05, 3.63) is 74.2 Å². The number of hydrogen-bond acceptors (Lipinski definition) is 4. The number of rotatable bonds is 5. The molecular weight excluding hydrogens is 272 g/mol. The van der Waals surface area contributed by atoms with Crippen LogP contribution in [-0.4, -0.2) is 15.3 Å². The van der Waals surface area contributed by atoms with E-state index in [-0.39, 0.29) is 30.0 Å². The number of aryl methyl sites for hydroxylation is 2. The lowest BCUT2D eigenvalue weighted by molar-refractivity contribution is -0.385. The molecule has 0 bridgehead atoms. The highest BCUT2D eigenvalue weighted by Crippen LogP contribution is 2.14. The van der Waals surface area contributed by atoms with Crippen molar-refractivity contribution in [3.8, 4) is 0 Å². The summed E-state index contributed by atoms with van der Waals surface area (Å²) in [6, 6.07) is 9.94. The molecule has 0 aliphatic carbocycles. The minimum atomic E-state index is -0.537. The number of nitro groups is 1. The number of pyridine rings is 1. The van der Waals surface area contributed by atoms with Gasteiger partial charge in [-0.15, -0.1) is 0 Å². The average molecular weight is 286 g/mol. The first-order valence-electron chi connectivity index (χ1n) is 6.43. The second kappa shape index (κ2) is 6.13. The van der Waals surface area contributed by atoms with Crippen LogP contribution in [0.1, 0.15) is 22.3 Å². The number of ketones is 1. The minimum Gasteiger partial charge on any atom is -0.308 e. The van der Waals surface area contributed by atoms with E-state index in [9.17, 15) is 19.7 Å². The minimum absolute atomic E-state index is 0.106. The summed E-state index contributed by atoms with van der Waals surface area (Å²) in [5.74, 6) is -0.106. The van der Waals surface area contributed by atoms with E-state index in [0.717, 1.165) is 0 Å². The highest BCUT2D eigenvalue weighted by molar-refractivity contribution is 5.95. The third kappa shape index (κ3) is 3.42. The van der Waals surface area contributed by atoms with Gasteiger partial charge in [0.1, 0.15) is 0 Å². The Morgan fingerprint density at radius 2 is 1.95 bits per heavy atom. The molecule has 1 aromatic heterocycles. The van der Waals surface area contributed by atoms with E-state index in [0.29, 0.717) is 11.1 Å². The van der Waals surface area contributed by atoms with Crippen LogP contribution < -0.4 is 5.56 Å². The maximum absolute atomic E-state index is 12.0. The van der Waals surface area contributed by atoms with E-state index in [1.54, 1.807) is 24.3 Å². The van der Waals surface area contributed by atoms with Gasteiger partial charge >= 0.3 is 0 Å². The fourth-order valence-corrected chi connectivity index (χ4v) is 2.01. The molecule has 0 saturated heterocycles. The molecule has 0 saturated carbocycles. The number of Topliss-reactive ketones (excluding diaryl/α,β-unsaturated/α-hetero) is 1. The van der Waals surface area contributed by atoms with Gasteiger partial charge in [0.25, 0.3) is 11.2 Å². The van der Waals surface area contributed by atoms with Gasteiger partial charge < -0.3 is 4.57 Å².